The zero-order valence-corrected chi connectivity index (χ0v) is 8.38. The van der Waals surface area contributed by atoms with E-state index in [-0.39, 0.29) is 5.39 Å². The van der Waals surface area contributed by atoms with Gasteiger partial charge >= 0.3 is 6.18 Å². The number of methoxy groups -OCH3 is 1. The van der Waals surface area contributed by atoms with Crippen molar-refractivity contribution in [1.82, 2.24) is 4.98 Å². The molecule has 0 aliphatic rings. The van der Waals surface area contributed by atoms with E-state index in [4.69, 9.17) is 4.74 Å². The van der Waals surface area contributed by atoms with Gasteiger partial charge in [-0.3, -0.25) is 4.98 Å². The molecule has 0 N–H and O–H groups in total. The lowest BCUT2D eigenvalue weighted by molar-refractivity contribution is -0.139. The molecule has 0 spiro atoms. The molecule has 0 unspecified atom stereocenters. The number of halogens is 3. The van der Waals surface area contributed by atoms with Gasteiger partial charge in [-0.15, -0.1) is 0 Å². The molecular weight excluding hydrogens is 219 g/mol. The Morgan fingerprint density at radius 2 is 1.94 bits per heavy atom. The zero-order chi connectivity index (χ0) is 11.8. The van der Waals surface area contributed by atoms with E-state index in [0.717, 1.165) is 6.20 Å². The van der Waals surface area contributed by atoms with Gasteiger partial charge < -0.3 is 4.74 Å². The lowest BCUT2D eigenvalue weighted by atomic mass is 10.1. The average Bonchev–Trinajstić information content (AvgIpc) is 2.26. The number of hydrogen-bond acceptors (Lipinski definition) is 2. The second kappa shape index (κ2) is 3.66. The molecule has 2 rings (SSSR count). The number of benzene rings is 1. The van der Waals surface area contributed by atoms with Gasteiger partial charge in [0.15, 0.2) is 5.69 Å². The molecule has 2 aromatic rings. The van der Waals surface area contributed by atoms with Crippen molar-refractivity contribution in [2.75, 3.05) is 7.11 Å². The van der Waals surface area contributed by atoms with Crippen LogP contribution in [-0.2, 0) is 6.18 Å². The first-order valence-electron chi connectivity index (χ1n) is 4.52. The summed E-state index contributed by atoms with van der Waals surface area (Å²) < 4.78 is 42.8. The molecule has 0 amide bonds. The van der Waals surface area contributed by atoms with Crippen molar-refractivity contribution in [3.05, 3.63) is 36.2 Å². The number of hydrogen-bond donors (Lipinski definition) is 0. The Balaban J connectivity index is 2.74. The first-order chi connectivity index (χ1) is 7.52. The summed E-state index contributed by atoms with van der Waals surface area (Å²) in [4.78, 5) is 3.37. The number of aromatic nitrogens is 1. The molecule has 0 saturated heterocycles. The second-order valence-electron chi connectivity index (χ2n) is 3.24. The van der Waals surface area contributed by atoms with Crippen LogP contribution >= 0.6 is 0 Å². The van der Waals surface area contributed by atoms with Crippen molar-refractivity contribution >= 4 is 10.8 Å². The van der Waals surface area contributed by atoms with Crippen molar-refractivity contribution in [3.63, 3.8) is 0 Å². The first-order valence-corrected chi connectivity index (χ1v) is 4.52. The van der Waals surface area contributed by atoms with Gasteiger partial charge in [0, 0.05) is 11.6 Å². The molecule has 1 aromatic heterocycles. The van der Waals surface area contributed by atoms with Gasteiger partial charge in [-0.25, -0.2) is 0 Å². The Hall–Kier alpha value is -1.78. The van der Waals surface area contributed by atoms with E-state index in [1.165, 1.54) is 19.2 Å². The minimum Gasteiger partial charge on any atom is -0.497 e. The fraction of sp³-hybridized carbons (Fsp3) is 0.182. The van der Waals surface area contributed by atoms with Crippen LogP contribution in [0.1, 0.15) is 5.69 Å². The van der Waals surface area contributed by atoms with E-state index in [1.54, 1.807) is 12.1 Å². The lowest BCUT2D eigenvalue weighted by Crippen LogP contribution is -2.08. The van der Waals surface area contributed by atoms with Crippen LogP contribution in [0.25, 0.3) is 10.8 Å². The quantitative estimate of drug-likeness (QED) is 0.745. The molecule has 16 heavy (non-hydrogen) atoms. The van der Waals surface area contributed by atoms with Gasteiger partial charge in [0.25, 0.3) is 0 Å². The molecule has 0 saturated carbocycles. The molecule has 84 valence electrons. The monoisotopic (exact) mass is 227 g/mol. The molecule has 0 aliphatic carbocycles. The van der Waals surface area contributed by atoms with Crippen LogP contribution in [0.3, 0.4) is 0 Å². The highest BCUT2D eigenvalue weighted by atomic mass is 19.4. The van der Waals surface area contributed by atoms with E-state index in [1.807, 2.05) is 0 Å². The minimum absolute atomic E-state index is 0.0503. The van der Waals surface area contributed by atoms with Crippen LogP contribution in [0, 0.1) is 0 Å². The van der Waals surface area contributed by atoms with Gasteiger partial charge in [0.1, 0.15) is 5.75 Å². The summed E-state index contributed by atoms with van der Waals surface area (Å²) in [5, 5.41) is 0.539. The van der Waals surface area contributed by atoms with Gasteiger partial charge in [0.05, 0.1) is 7.11 Å². The molecule has 5 heteroatoms. The average molecular weight is 227 g/mol. The Labute approximate surface area is 89.7 Å². The number of nitrogens with zero attached hydrogens (tertiary/aromatic N) is 1. The van der Waals surface area contributed by atoms with Crippen LogP contribution in [0.5, 0.6) is 5.75 Å². The summed E-state index contributed by atoms with van der Waals surface area (Å²) in [6.07, 6.45) is -3.30. The smallest absolute Gasteiger partial charge is 0.433 e. The van der Waals surface area contributed by atoms with E-state index >= 15 is 0 Å². The zero-order valence-electron chi connectivity index (χ0n) is 8.38. The topological polar surface area (TPSA) is 22.1 Å². The van der Waals surface area contributed by atoms with Crippen molar-refractivity contribution < 1.29 is 17.9 Å². The normalized spacial score (nSPS) is 11.8. The minimum atomic E-state index is -4.45. The molecule has 0 aliphatic heterocycles. The van der Waals surface area contributed by atoms with Gasteiger partial charge in [-0.1, -0.05) is 6.07 Å². The number of pyridine rings is 1. The molecule has 0 atom stereocenters. The predicted molar refractivity (Wildman–Crippen MR) is 53.3 cm³/mol. The summed E-state index contributed by atoms with van der Waals surface area (Å²) >= 11 is 0. The predicted octanol–water partition coefficient (Wildman–Crippen LogP) is 3.26. The largest absolute Gasteiger partial charge is 0.497 e. The van der Waals surface area contributed by atoms with Gasteiger partial charge in [0.2, 0.25) is 0 Å². The Bertz CT molecular complexity index is 522. The lowest BCUT2D eigenvalue weighted by Gasteiger charge is -2.09. The van der Waals surface area contributed by atoms with Crippen LogP contribution in [-0.4, -0.2) is 12.1 Å². The van der Waals surface area contributed by atoms with E-state index < -0.39 is 11.9 Å². The van der Waals surface area contributed by atoms with Crippen LogP contribution in [0.2, 0.25) is 0 Å². The van der Waals surface area contributed by atoms with Crippen molar-refractivity contribution in [2.45, 2.75) is 6.18 Å². The summed E-state index contributed by atoms with van der Waals surface area (Å²) in [6, 6.07) is 6.06. The summed E-state index contributed by atoms with van der Waals surface area (Å²) in [5.74, 6) is 0.381. The molecule has 2 nitrogen and oxygen atoms in total. The van der Waals surface area contributed by atoms with Gasteiger partial charge in [-0.2, -0.15) is 13.2 Å². The fourth-order valence-corrected chi connectivity index (χ4v) is 1.50. The Kier molecular flexibility index (Phi) is 2.46. The summed E-state index contributed by atoms with van der Waals surface area (Å²) in [7, 11) is 1.41. The van der Waals surface area contributed by atoms with E-state index in [2.05, 4.69) is 4.98 Å². The Morgan fingerprint density at radius 1 is 1.19 bits per heavy atom. The van der Waals surface area contributed by atoms with Crippen molar-refractivity contribution in [1.29, 1.82) is 0 Å². The standard InChI is InChI=1S/C11H8F3NO/c1-16-8-3-2-7-4-5-15-10(9(7)6-8)11(12,13)14/h2-6H,1H3. The summed E-state index contributed by atoms with van der Waals surface area (Å²) in [6.45, 7) is 0. The highest BCUT2D eigenvalue weighted by Crippen LogP contribution is 2.34. The maximum absolute atomic E-state index is 12.7. The maximum Gasteiger partial charge on any atom is 0.433 e. The molecule has 0 fully saturated rings. The Morgan fingerprint density at radius 3 is 2.56 bits per heavy atom. The SMILES string of the molecule is COc1ccc2ccnc(C(F)(F)F)c2c1. The third-order valence-corrected chi connectivity index (χ3v) is 2.24. The number of fused-ring (bicyclic) bond motifs is 1. The highest BCUT2D eigenvalue weighted by Gasteiger charge is 2.34. The summed E-state index contributed by atoms with van der Waals surface area (Å²) in [5.41, 5.74) is -0.885. The highest BCUT2D eigenvalue weighted by molar-refractivity contribution is 5.86. The van der Waals surface area contributed by atoms with Crippen LogP contribution < -0.4 is 4.74 Å². The van der Waals surface area contributed by atoms with Crippen LogP contribution in [0.4, 0.5) is 13.2 Å². The fourth-order valence-electron chi connectivity index (χ4n) is 1.50. The number of rotatable bonds is 1. The molecule has 0 radical (unpaired) electrons. The number of alkyl halides is 3. The van der Waals surface area contributed by atoms with Gasteiger partial charge in [-0.05, 0) is 23.6 Å². The van der Waals surface area contributed by atoms with E-state index in [9.17, 15) is 13.2 Å². The molecule has 1 heterocycles. The third-order valence-electron chi connectivity index (χ3n) is 2.24. The second-order valence-corrected chi connectivity index (χ2v) is 3.24. The molecule has 0 bridgehead atoms. The molecular formula is C11H8F3NO. The van der Waals surface area contributed by atoms with Crippen LogP contribution in [0.15, 0.2) is 30.5 Å². The maximum atomic E-state index is 12.7. The van der Waals surface area contributed by atoms with Crippen molar-refractivity contribution in [2.24, 2.45) is 0 Å². The first kappa shape index (κ1) is 10.7. The third kappa shape index (κ3) is 1.80. The molecule has 1 aromatic carbocycles. The van der Waals surface area contributed by atoms with Crippen molar-refractivity contribution in [3.8, 4) is 5.75 Å². The van der Waals surface area contributed by atoms with E-state index in [0.29, 0.717) is 11.1 Å². The number of ether oxygens (including phenoxy) is 1.